The molecule has 2 rings (SSSR count). The highest BCUT2D eigenvalue weighted by atomic mass is 127. The maximum Gasteiger partial charge on any atom is 0.191 e. The quantitative estimate of drug-likeness (QED) is 0.372. The highest BCUT2D eigenvalue weighted by Crippen LogP contribution is 2.23. The number of aliphatic imine (C=N–C) groups is 1. The van der Waals surface area contributed by atoms with Gasteiger partial charge < -0.3 is 10.6 Å². The van der Waals surface area contributed by atoms with Gasteiger partial charge in [0.25, 0.3) is 0 Å². The van der Waals surface area contributed by atoms with E-state index in [1.807, 2.05) is 13.8 Å². The van der Waals surface area contributed by atoms with E-state index in [1.165, 1.54) is 6.07 Å². The monoisotopic (exact) mass is 482 g/mol. The average molecular weight is 482 g/mol. The number of rotatable bonds is 6. The summed E-state index contributed by atoms with van der Waals surface area (Å²) < 4.78 is 25.7. The van der Waals surface area contributed by atoms with Gasteiger partial charge in [-0.1, -0.05) is 13.3 Å². The Labute approximate surface area is 169 Å². The van der Waals surface area contributed by atoms with Crippen molar-refractivity contribution in [3.63, 3.8) is 0 Å². The average Bonchev–Trinajstić information content (AvgIpc) is 2.60. The molecule has 0 saturated heterocycles. The fraction of sp³-hybridized carbons (Fsp3) is 0.647. The SMILES string of the molecule is CCNC(=NCc1ncccc1F)NC1CCCC(S(=O)CC)C1.I. The van der Waals surface area contributed by atoms with Gasteiger partial charge in [-0.25, -0.2) is 9.38 Å². The molecule has 3 atom stereocenters. The molecule has 1 heterocycles. The Morgan fingerprint density at radius 2 is 2.24 bits per heavy atom. The highest BCUT2D eigenvalue weighted by Gasteiger charge is 2.26. The molecule has 0 spiro atoms. The first-order valence-electron chi connectivity index (χ1n) is 8.65. The number of guanidine groups is 1. The molecule has 0 aliphatic heterocycles. The molecule has 2 N–H and O–H groups in total. The van der Waals surface area contributed by atoms with E-state index in [-0.39, 0.29) is 47.6 Å². The van der Waals surface area contributed by atoms with E-state index in [4.69, 9.17) is 0 Å². The predicted octanol–water partition coefficient (Wildman–Crippen LogP) is 2.97. The van der Waals surface area contributed by atoms with Crippen LogP contribution in [0.1, 0.15) is 45.2 Å². The standard InChI is InChI=1S/C17H27FN4OS.HI/c1-3-19-17(21-12-16-15(18)9-6-10-20-16)22-13-7-5-8-14(11-13)24(23)4-2;/h6,9-10,13-14H,3-5,7-8,11-12H2,1-2H3,(H2,19,21,22);1H. The smallest absolute Gasteiger partial charge is 0.191 e. The molecule has 25 heavy (non-hydrogen) atoms. The minimum absolute atomic E-state index is 0. The van der Waals surface area contributed by atoms with Crippen LogP contribution in [0.2, 0.25) is 0 Å². The van der Waals surface area contributed by atoms with Crippen LogP contribution in [0.15, 0.2) is 23.3 Å². The maximum absolute atomic E-state index is 13.7. The van der Waals surface area contributed by atoms with E-state index in [9.17, 15) is 8.60 Å². The molecule has 5 nitrogen and oxygen atoms in total. The van der Waals surface area contributed by atoms with Crippen molar-refractivity contribution in [3.8, 4) is 0 Å². The Bertz CT molecular complexity index is 588. The number of hydrogen-bond donors (Lipinski definition) is 2. The van der Waals surface area contributed by atoms with Crippen molar-refractivity contribution in [2.24, 2.45) is 4.99 Å². The Morgan fingerprint density at radius 1 is 1.44 bits per heavy atom. The second-order valence-corrected chi connectivity index (χ2v) is 7.93. The lowest BCUT2D eigenvalue weighted by atomic mass is 9.95. The van der Waals surface area contributed by atoms with Crippen LogP contribution in [0.4, 0.5) is 4.39 Å². The summed E-state index contributed by atoms with van der Waals surface area (Å²) in [5, 5.41) is 6.86. The molecule has 1 aliphatic rings. The third kappa shape index (κ3) is 7.16. The minimum Gasteiger partial charge on any atom is -0.357 e. The maximum atomic E-state index is 13.7. The fourth-order valence-corrected chi connectivity index (χ4v) is 4.30. The van der Waals surface area contributed by atoms with Crippen LogP contribution < -0.4 is 10.6 Å². The number of pyridine rings is 1. The number of nitrogens with zero attached hydrogens (tertiary/aromatic N) is 2. The molecule has 1 aliphatic carbocycles. The number of halogens is 2. The van der Waals surface area contributed by atoms with Gasteiger partial charge in [-0.2, -0.15) is 0 Å². The van der Waals surface area contributed by atoms with Crippen molar-refractivity contribution in [3.05, 3.63) is 29.8 Å². The summed E-state index contributed by atoms with van der Waals surface area (Å²) in [7, 11) is -0.749. The normalized spacial score (nSPS) is 22.0. The zero-order chi connectivity index (χ0) is 17.4. The Kier molecular flexibility index (Phi) is 10.5. The third-order valence-electron chi connectivity index (χ3n) is 4.19. The summed E-state index contributed by atoms with van der Waals surface area (Å²) in [6.45, 7) is 4.89. The van der Waals surface area contributed by atoms with Gasteiger partial charge in [0.2, 0.25) is 0 Å². The topological polar surface area (TPSA) is 66.4 Å². The van der Waals surface area contributed by atoms with Crippen LogP contribution in [-0.4, -0.2) is 38.7 Å². The summed E-state index contributed by atoms with van der Waals surface area (Å²) in [6.07, 6.45) is 5.61. The van der Waals surface area contributed by atoms with Crippen LogP contribution in [0.25, 0.3) is 0 Å². The van der Waals surface area contributed by atoms with Crippen LogP contribution in [0.3, 0.4) is 0 Å². The molecule has 0 radical (unpaired) electrons. The lowest BCUT2D eigenvalue weighted by molar-refractivity contribution is 0.413. The molecular formula is C17H28FIN4OS. The molecular weight excluding hydrogens is 454 g/mol. The molecule has 1 aromatic rings. The van der Waals surface area contributed by atoms with Crippen molar-refractivity contribution in [1.82, 2.24) is 15.6 Å². The van der Waals surface area contributed by atoms with Crippen LogP contribution >= 0.6 is 24.0 Å². The van der Waals surface area contributed by atoms with Gasteiger partial charge in [0.1, 0.15) is 5.82 Å². The predicted molar refractivity (Wildman–Crippen MR) is 112 cm³/mol. The van der Waals surface area contributed by atoms with Crippen molar-refractivity contribution in [1.29, 1.82) is 0 Å². The summed E-state index contributed by atoms with van der Waals surface area (Å²) in [4.78, 5) is 8.47. The Hall–Kier alpha value is -0.770. The van der Waals surface area contributed by atoms with Crippen LogP contribution in [-0.2, 0) is 17.3 Å². The largest absolute Gasteiger partial charge is 0.357 e. The van der Waals surface area contributed by atoms with Crippen molar-refractivity contribution >= 4 is 40.7 Å². The van der Waals surface area contributed by atoms with Crippen LogP contribution in [0, 0.1) is 5.82 Å². The first-order chi connectivity index (χ1) is 11.6. The molecule has 1 fully saturated rings. The van der Waals surface area contributed by atoms with Gasteiger partial charge in [0.15, 0.2) is 5.96 Å². The van der Waals surface area contributed by atoms with Gasteiger partial charge in [-0.05, 0) is 38.3 Å². The van der Waals surface area contributed by atoms with E-state index >= 15 is 0 Å². The van der Waals surface area contributed by atoms with Gasteiger partial charge in [-0.3, -0.25) is 9.19 Å². The first kappa shape index (κ1) is 22.3. The summed E-state index contributed by atoms with van der Waals surface area (Å²) >= 11 is 0. The summed E-state index contributed by atoms with van der Waals surface area (Å²) in [6, 6.07) is 3.22. The molecule has 1 aromatic heterocycles. The molecule has 3 unspecified atom stereocenters. The van der Waals surface area contributed by atoms with E-state index in [1.54, 1.807) is 12.3 Å². The second kappa shape index (κ2) is 11.8. The van der Waals surface area contributed by atoms with Crippen molar-refractivity contribution in [2.45, 2.75) is 57.4 Å². The number of aromatic nitrogens is 1. The lowest BCUT2D eigenvalue weighted by Gasteiger charge is -2.30. The molecule has 8 heteroatoms. The fourth-order valence-electron chi connectivity index (χ4n) is 2.95. The molecule has 1 saturated carbocycles. The highest BCUT2D eigenvalue weighted by molar-refractivity contribution is 14.0. The first-order valence-corrected chi connectivity index (χ1v) is 10.0. The number of hydrogen-bond acceptors (Lipinski definition) is 3. The molecule has 0 bridgehead atoms. The van der Waals surface area contributed by atoms with E-state index in [0.29, 0.717) is 17.4 Å². The molecule has 0 aromatic carbocycles. The lowest BCUT2D eigenvalue weighted by Crippen LogP contribution is -2.46. The van der Waals surface area contributed by atoms with E-state index in [0.717, 1.165) is 32.2 Å². The molecule has 0 amide bonds. The zero-order valence-electron chi connectivity index (χ0n) is 14.8. The van der Waals surface area contributed by atoms with Crippen LogP contribution in [0.5, 0.6) is 0 Å². The van der Waals surface area contributed by atoms with E-state index in [2.05, 4.69) is 20.6 Å². The number of nitrogens with one attached hydrogen (secondary N) is 2. The third-order valence-corrected chi connectivity index (χ3v) is 5.93. The zero-order valence-corrected chi connectivity index (χ0v) is 18.0. The summed E-state index contributed by atoms with van der Waals surface area (Å²) in [5.74, 6) is 1.04. The van der Waals surface area contributed by atoms with Gasteiger partial charge in [0.05, 0.1) is 12.2 Å². The van der Waals surface area contributed by atoms with Crippen molar-refractivity contribution < 1.29 is 8.60 Å². The Balaban J connectivity index is 0.00000312. The van der Waals surface area contributed by atoms with Gasteiger partial charge in [0, 0.05) is 40.6 Å². The van der Waals surface area contributed by atoms with Gasteiger partial charge >= 0.3 is 0 Å². The molecule has 142 valence electrons. The Morgan fingerprint density at radius 3 is 2.92 bits per heavy atom. The van der Waals surface area contributed by atoms with Gasteiger partial charge in [-0.15, -0.1) is 24.0 Å². The van der Waals surface area contributed by atoms with E-state index < -0.39 is 10.8 Å². The second-order valence-electron chi connectivity index (χ2n) is 5.93. The summed E-state index contributed by atoms with van der Waals surface area (Å²) in [5.41, 5.74) is 0.336. The van der Waals surface area contributed by atoms with Crippen molar-refractivity contribution in [2.75, 3.05) is 12.3 Å². The minimum atomic E-state index is -0.749.